The van der Waals surface area contributed by atoms with Gasteiger partial charge in [0.05, 0.1) is 5.66 Å². The summed E-state index contributed by atoms with van der Waals surface area (Å²) in [5.74, 6) is 0. The minimum atomic E-state index is -5.17. The zero-order valence-electron chi connectivity index (χ0n) is 7.55. The van der Waals surface area contributed by atoms with Gasteiger partial charge in [-0.1, -0.05) is 19.3 Å². The molecule has 0 amide bonds. The molecule has 14 heavy (non-hydrogen) atoms. The van der Waals surface area contributed by atoms with Crippen molar-refractivity contribution in [1.29, 1.82) is 0 Å². The normalized spacial score (nSPS) is 20.0. The van der Waals surface area contributed by atoms with E-state index in [1.165, 1.54) is 19.3 Å². The van der Waals surface area contributed by atoms with Crippen LogP contribution in [0.5, 0.6) is 0 Å². The fourth-order valence-electron chi connectivity index (χ4n) is 1.21. The summed E-state index contributed by atoms with van der Waals surface area (Å²) in [7, 11) is -5.17. The van der Waals surface area contributed by atoms with Crippen molar-refractivity contribution in [2.24, 2.45) is 11.5 Å². The van der Waals surface area contributed by atoms with Crippen molar-refractivity contribution in [1.82, 2.24) is 0 Å². The van der Waals surface area contributed by atoms with Gasteiger partial charge in [-0.05, 0) is 12.8 Å². The van der Waals surface area contributed by atoms with E-state index in [9.17, 15) is 0 Å². The van der Waals surface area contributed by atoms with Gasteiger partial charge in [-0.3, -0.25) is 8.42 Å². The Morgan fingerprint density at radius 2 is 1.29 bits per heavy atom. The van der Waals surface area contributed by atoms with Crippen molar-refractivity contribution in [2.75, 3.05) is 0 Å². The molecule has 1 aliphatic rings. The van der Waals surface area contributed by atoms with Gasteiger partial charge in [0.15, 0.2) is 0 Å². The van der Waals surface area contributed by atoms with E-state index in [4.69, 9.17) is 29.0 Å². The maximum Gasteiger partial charge on any atom is 2.00 e. The second-order valence-electron chi connectivity index (χ2n) is 3.20. The van der Waals surface area contributed by atoms with Crippen LogP contribution in [0.15, 0.2) is 0 Å². The number of rotatable bonds is 0. The molecule has 0 aromatic heterocycles. The van der Waals surface area contributed by atoms with Gasteiger partial charge >= 0.3 is 21.1 Å². The number of nitrogens with two attached hydrogens (primary N) is 2. The molecule has 4 N–H and O–H groups in total. The molecule has 1 fully saturated rings. The van der Waals surface area contributed by atoms with Crippen LogP contribution in [0.3, 0.4) is 0 Å². The monoisotopic (exact) mass is 405 g/mol. The van der Waals surface area contributed by atoms with E-state index < -0.39 is 10.4 Å². The predicted octanol–water partition coefficient (Wildman–Crippen LogP) is -0.776. The first kappa shape index (κ1) is 16.9. The van der Waals surface area contributed by atoms with E-state index in [2.05, 4.69) is 0 Å². The Labute approximate surface area is 98.3 Å². The minimum absolute atomic E-state index is 0. The van der Waals surface area contributed by atoms with E-state index in [0.717, 1.165) is 12.8 Å². The molecule has 0 unspecified atom stereocenters. The van der Waals surface area contributed by atoms with Crippen molar-refractivity contribution in [3.05, 3.63) is 0 Å². The second kappa shape index (κ2) is 6.87. The van der Waals surface area contributed by atoms with Gasteiger partial charge in [-0.25, -0.2) is 0 Å². The molecule has 1 saturated carbocycles. The van der Waals surface area contributed by atoms with Crippen LogP contribution in [0.2, 0.25) is 0 Å². The fraction of sp³-hybridized carbons (Fsp3) is 1.00. The van der Waals surface area contributed by atoms with Crippen LogP contribution in [0.25, 0.3) is 0 Å². The third-order valence-electron chi connectivity index (χ3n) is 1.78. The summed E-state index contributed by atoms with van der Waals surface area (Å²) in [6, 6.07) is 0. The standard InChI is InChI=1S/C6H14N2.H2O4S.Pt/c7-6(8)4-2-1-3-5-6;1-5(2,3)4;/h1-5,7-8H2;(H2,1,2,3,4);/q;;+2/p-2. The summed E-state index contributed by atoms with van der Waals surface area (Å²) in [6.45, 7) is 0. The largest absolute Gasteiger partial charge is 2.00 e. The zero-order chi connectivity index (χ0) is 10.5. The van der Waals surface area contributed by atoms with Crippen molar-refractivity contribution in [3.8, 4) is 0 Å². The van der Waals surface area contributed by atoms with Crippen molar-refractivity contribution in [2.45, 2.75) is 37.8 Å². The Balaban J connectivity index is 0. The molecule has 1 aliphatic carbocycles. The van der Waals surface area contributed by atoms with Gasteiger partial charge in [0.25, 0.3) is 0 Å². The van der Waals surface area contributed by atoms with E-state index in [1.54, 1.807) is 0 Å². The molecule has 0 aromatic rings. The Kier molecular flexibility index (Phi) is 8.29. The fourth-order valence-corrected chi connectivity index (χ4v) is 1.21. The molecular weight excluding hydrogens is 391 g/mol. The smallest absolute Gasteiger partial charge is 0.759 e. The van der Waals surface area contributed by atoms with E-state index >= 15 is 0 Å². The van der Waals surface area contributed by atoms with Gasteiger partial charge < -0.3 is 20.6 Å². The average Bonchev–Trinajstić information content (AvgIpc) is 1.82. The second-order valence-corrected chi connectivity index (χ2v) is 4.02. The molecule has 8 heteroatoms. The quantitative estimate of drug-likeness (QED) is 0.309. The topological polar surface area (TPSA) is 132 Å². The summed E-state index contributed by atoms with van der Waals surface area (Å²) in [6.07, 6.45) is 5.76. The first-order valence-corrected chi connectivity index (χ1v) is 5.28. The van der Waals surface area contributed by atoms with Crippen molar-refractivity contribution < 1.29 is 38.6 Å². The van der Waals surface area contributed by atoms with Gasteiger partial charge in [-0.15, -0.1) is 0 Å². The van der Waals surface area contributed by atoms with Crippen molar-refractivity contribution in [3.63, 3.8) is 0 Å². The molecule has 0 aliphatic heterocycles. The van der Waals surface area contributed by atoms with Gasteiger partial charge in [-0.2, -0.15) is 0 Å². The molecule has 1 rings (SSSR count). The maximum absolute atomic E-state index is 8.52. The SMILES string of the molecule is NC1(N)CCCCC1.O=S(=O)([O-])[O-].[Pt+2]. The van der Waals surface area contributed by atoms with Crippen LogP contribution in [-0.4, -0.2) is 23.2 Å². The maximum atomic E-state index is 8.52. The number of hydrogen-bond acceptors (Lipinski definition) is 6. The molecule has 88 valence electrons. The molecule has 0 radical (unpaired) electrons. The Morgan fingerprint density at radius 1 is 1.00 bits per heavy atom. The van der Waals surface area contributed by atoms with Crippen LogP contribution in [0, 0.1) is 0 Å². The van der Waals surface area contributed by atoms with Crippen LogP contribution in [0.1, 0.15) is 32.1 Å². The Bertz CT molecular complexity index is 226. The van der Waals surface area contributed by atoms with E-state index in [1.807, 2.05) is 0 Å². The van der Waals surface area contributed by atoms with Gasteiger partial charge in [0, 0.05) is 10.4 Å². The number of hydrogen-bond donors (Lipinski definition) is 2. The van der Waals surface area contributed by atoms with E-state index in [-0.39, 0.29) is 26.7 Å². The molecule has 0 heterocycles. The predicted molar refractivity (Wildman–Crippen MR) is 44.7 cm³/mol. The molecular formula is C6H14N2O4PtS. The Morgan fingerprint density at radius 3 is 1.43 bits per heavy atom. The summed E-state index contributed by atoms with van der Waals surface area (Å²) >= 11 is 0. The molecule has 0 spiro atoms. The van der Waals surface area contributed by atoms with E-state index in [0.29, 0.717) is 0 Å². The molecule has 0 atom stereocenters. The van der Waals surface area contributed by atoms with Crippen molar-refractivity contribution >= 4 is 10.4 Å². The third kappa shape index (κ3) is 15.0. The van der Waals surface area contributed by atoms with Crippen LogP contribution >= 0.6 is 0 Å². The van der Waals surface area contributed by atoms with Gasteiger partial charge in [0.1, 0.15) is 0 Å². The van der Waals surface area contributed by atoms with Crippen LogP contribution < -0.4 is 11.5 Å². The zero-order valence-corrected chi connectivity index (χ0v) is 10.6. The summed E-state index contributed by atoms with van der Waals surface area (Å²) < 4.78 is 34.1. The average molecular weight is 405 g/mol. The first-order chi connectivity index (χ1) is 5.71. The molecule has 0 aromatic carbocycles. The summed E-state index contributed by atoms with van der Waals surface area (Å²) in [5, 5.41) is 0. The first-order valence-electron chi connectivity index (χ1n) is 3.95. The van der Waals surface area contributed by atoms with Crippen LogP contribution in [-0.2, 0) is 31.5 Å². The summed E-state index contributed by atoms with van der Waals surface area (Å²) in [4.78, 5) is 0. The molecule has 6 nitrogen and oxygen atoms in total. The Hall–Kier alpha value is 0.478. The van der Waals surface area contributed by atoms with Crippen LogP contribution in [0.4, 0.5) is 0 Å². The van der Waals surface area contributed by atoms with Gasteiger partial charge in [0.2, 0.25) is 0 Å². The summed E-state index contributed by atoms with van der Waals surface area (Å²) in [5.41, 5.74) is 11.0. The molecule has 0 bridgehead atoms. The minimum Gasteiger partial charge on any atom is -0.759 e. The molecule has 0 saturated heterocycles. The third-order valence-corrected chi connectivity index (χ3v) is 1.78.